The molecule has 1 aromatic carbocycles. The first-order chi connectivity index (χ1) is 9.97. The van der Waals surface area contributed by atoms with Crippen LogP contribution in [0.2, 0.25) is 10.2 Å². The Kier molecular flexibility index (Phi) is 5.21. The molecule has 1 aromatic heterocycles. The molecule has 5 heteroatoms. The average molecular weight is 323 g/mol. The molecular formula is C16H16Cl2N2O. The minimum atomic E-state index is -0.244. The molecular weight excluding hydrogens is 307 g/mol. The molecule has 3 nitrogen and oxygen atoms in total. The molecule has 1 unspecified atom stereocenters. The molecule has 0 spiro atoms. The summed E-state index contributed by atoms with van der Waals surface area (Å²) >= 11 is 11.7. The normalized spacial score (nSPS) is 12.2. The van der Waals surface area contributed by atoms with Gasteiger partial charge in [0.1, 0.15) is 10.8 Å². The lowest BCUT2D eigenvalue weighted by Crippen LogP contribution is -2.32. The van der Waals surface area contributed by atoms with Crippen LogP contribution in [0.25, 0.3) is 0 Å². The summed E-state index contributed by atoms with van der Waals surface area (Å²) in [7, 11) is 0. The van der Waals surface area contributed by atoms with Gasteiger partial charge in [0.15, 0.2) is 0 Å². The van der Waals surface area contributed by atoms with Gasteiger partial charge in [0.05, 0.1) is 6.04 Å². The minimum Gasteiger partial charge on any atom is -0.344 e. The zero-order valence-corrected chi connectivity index (χ0v) is 13.3. The van der Waals surface area contributed by atoms with Crippen molar-refractivity contribution in [2.45, 2.75) is 19.9 Å². The summed E-state index contributed by atoms with van der Waals surface area (Å²) in [6.45, 7) is 4.09. The number of carbonyl (C=O) groups is 1. The Balaban J connectivity index is 2.20. The van der Waals surface area contributed by atoms with E-state index >= 15 is 0 Å². The third-order valence-corrected chi connectivity index (χ3v) is 3.59. The van der Waals surface area contributed by atoms with Gasteiger partial charge in [-0.05, 0) is 35.7 Å². The van der Waals surface area contributed by atoms with Crippen molar-refractivity contribution >= 4 is 29.1 Å². The zero-order chi connectivity index (χ0) is 15.4. The van der Waals surface area contributed by atoms with Crippen molar-refractivity contribution < 1.29 is 4.79 Å². The number of carbonyl (C=O) groups excluding carboxylic acids is 1. The van der Waals surface area contributed by atoms with E-state index in [9.17, 15) is 4.79 Å². The second-order valence-corrected chi connectivity index (χ2v) is 5.92. The van der Waals surface area contributed by atoms with Crippen LogP contribution in [0.3, 0.4) is 0 Å². The molecule has 21 heavy (non-hydrogen) atoms. The largest absolute Gasteiger partial charge is 0.344 e. The Morgan fingerprint density at radius 2 is 1.76 bits per heavy atom. The number of aromatic nitrogens is 1. The molecule has 0 bridgehead atoms. The van der Waals surface area contributed by atoms with Crippen molar-refractivity contribution in [1.29, 1.82) is 0 Å². The Morgan fingerprint density at radius 1 is 1.10 bits per heavy atom. The van der Waals surface area contributed by atoms with Crippen LogP contribution in [0, 0.1) is 5.92 Å². The summed E-state index contributed by atoms with van der Waals surface area (Å²) in [5.41, 5.74) is 1.31. The summed E-state index contributed by atoms with van der Waals surface area (Å²) in [6.07, 6.45) is 0. The maximum Gasteiger partial charge on any atom is 0.270 e. The Bertz CT molecular complexity index is 626. The number of nitrogens with one attached hydrogen (secondary N) is 1. The summed E-state index contributed by atoms with van der Waals surface area (Å²) in [5, 5.41) is 3.96. The van der Waals surface area contributed by atoms with E-state index in [1.54, 1.807) is 18.2 Å². The van der Waals surface area contributed by atoms with Gasteiger partial charge in [-0.25, -0.2) is 4.98 Å². The molecule has 2 aromatic rings. The molecule has 110 valence electrons. The molecule has 0 radical (unpaired) electrons. The van der Waals surface area contributed by atoms with E-state index in [1.807, 2.05) is 38.1 Å². The van der Waals surface area contributed by atoms with E-state index in [4.69, 9.17) is 23.2 Å². The number of amides is 1. The molecule has 0 aliphatic carbocycles. The highest BCUT2D eigenvalue weighted by Gasteiger charge is 2.19. The summed E-state index contributed by atoms with van der Waals surface area (Å²) in [4.78, 5) is 16.3. The lowest BCUT2D eigenvalue weighted by molar-refractivity contribution is 0.0920. The highest BCUT2D eigenvalue weighted by atomic mass is 35.5. The first kappa shape index (κ1) is 15.8. The zero-order valence-electron chi connectivity index (χ0n) is 11.8. The SMILES string of the molecule is CC(C)C(NC(=O)c1cccc(Cl)n1)c1ccc(Cl)cc1. The van der Waals surface area contributed by atoms with Gasteiger partial charge in [-0.15, -0.1) is 0 Å². The predicted octanol–water partition coefficient (Wildman–Crippen LogP) is 4.52. The fourth-order valence-corrected chi connectivity index (χ4v) is 2.34. The van der Waals surface area contributed by atoms with Crippen molar-refractivity contribution in [3.05, 3.63) is 63.9 Å². The highest BCUT2D eigenvalue weighted by molar-refractivity contribution is 6.30. The molecule has 0 fully saturated rings. The molecule has 0 aliphatic rings. The second kappa shape index (κ2) is 6.92. The summed E-state index contributed by atoms with van der Waals surface area (Å²) < 4.78 is 0. The van der Waals surface area contributed by atoms with E-state index in [0.717, 1.165) is 5.56 Å². The quantitative estimate of drug-likeness (QED) is 0.841. The molecule has 0 saturated carbocycles. The van der Waals surface area contributed by atoms with Crippen LogP contribution in [-0.4, -0.2) is 10.9 Å². The Labute approximate surface area is 134 Å². The van der Waals surface area contributed by atoms with Gasteiger partial charge in [0.2, 0.25) is 0 Å². The van der Waals surface area contributed by atoms with Gasteiger partial charge in [-0.1, -0.05) is 55.2 Å². The van der Waals surface area contributed by atoms with Gasteiger partial charge >= 0.3 is 0 Å². The molecule has 1 heterocycles. The van der Waals surface area contributed by atoms with Crippen LogP contribution in [-0.2, 0) is 0 Å². The van der Waals surface area contributed by atoms with Gasteiger partial charge in [-0.2, -0.15) is 0 Å². The summed E-state index contributed by atoms with van der Waals surface area (Å²) in [5.74, 6) is -0.0135. The molecule has 1 atom stereocenters. The van der Waals surface area contributed by atoms with Crippen molar-refractivity contribution in [3.8, 4) is 0 Å². The van der Waals surface area contributed by atoms with Crippen LogP contribution >= 0.6 is 23.2 Å². The third-order valence-electron chi connectivity index (χ3n) is 3.13. The Hall–Kier alpha value is -1.58. The molecule has 0 aliphatic heterocycles. The van der Waals surface area contributed by atoms with Crippen molar-refractivity contribution in [3.63, 3.8) is 0 Å². The maximum atomic E-state index is 12.3. The van der Waals surface area contributed by atoms with Crippen LogP contribution in [0.5, 0.6) is 0 Å². The number of nitrogens with zero attached hydrogens (tertiary/aromatic N) is 1. The third kappa shape index (κ3) is 4.19. The van der Waals surface area contributed by atoms with Crippen LogP contribution in [0.4, 0.5) is 0 Å². The number of benzene rings is 1. The van der Waals surface area contributed by atoms with Crippen molar-refractivity contribution in [1.82, 2.24) is 10.3 Å². The number of hydrogen-bond acceptors (Lipinski definition) is 2. The predicted molar refractivity (Wildman–Crippen MR) is 85.7 cm³/mol. The van der Waals surface area contributed by atoms with Crippen molar-refractivity contribution in [2.75, 3.05) is 0 Å². The average Bonchev–Trinajstić information content (AvgIpc) is 2.45. The highest BCUT2D eigenvalue weighted by Crippen LogP contribution is 2.23. The first-order valence-electron chi connectivity index (χ1n) is 6.66. The molecule has 0 saturated heterocycles. The Morgan fingerprint density at radius 3 is 2.33 bits per heavy atom. The standard InChI is InChI=1S/C16H16Cl2N2O/c1-10(2)15(11-6-8-12(17)9-7-11)20-16(21)13-4-3-5-14(18)19-13/h3-10,15H,1-2H3,(H,20,21). The van der Waals surface area contributed by atoms with Crippen LogP contribution in [0.15, 0.2) is 42.5 Å². The fraction of sp³-hybridized carbons (Fsp3) is 0.250. The van der Waals surface area contributed by atoms with E-state index in [2.05, 4.69) is 10.3 Å². The van der Waals surface area contributed by atoms with Gasteiger partial charge in [-0.3, -0.25) is 4.79 Å². The van der Waals surface area contributed by atoms with E-state index in [-0.39, 0.29) is 17.9 Å². The van der Waals surface area contributed by atoms with Crippen LogP contribution < -0.4 is 5.32 Å². The molecule has 1 amide bonds. The first-order valence-corrected chi connectivity index (χ1v) is 7.42. The van der Waals surface area contributed by atoms with Crippen LogP contribution in [0.1, 0.15) is 35.9 Å². The van der Waals surface area contributed by atoms with Gasteiger partial charge < -0.3 is 5.32 Å². The van der Waals surface area contributed by atoms with E-state index < -0.39 is 0 Å². The van der Waals surface area contributed by atoms with Gasteiger partial charge in [0.25, 0.3) is 5.91 Å². The second-order valence-electron chi connectivity index (χ2n) is 5.09. The lowest BCUT2D eigenvalue weighted by atomic mass is 9.96. The van der Waals surface area contributed by atoms with E-state index in [0.29, 0.717) is 15.9 Å². The lowest BCUT2D eigenvalue weighted by Gasteiger charge is -2.23. The molecule has 1 N–H and O–H groups in total. The number of hydrogen-bond donors (Lipinski definition) is 1. The maximum absolute atomic E-state index is 12.3. The summed E-state index contributed by atoms with van der Waals surface area (Å²) in [6, 6.07) is 12.3. The number of pyridine rings is 1. The topological polar surface area (TPSA) is 42.0 Å². The number of rotatable bonds is 4. The molecule has 2 rings (SSSR count). The minimum absolute atomic E-state index is 0.115. The monoisotopic (exact) mass is 322 g/mol. The van der Waals surface area contributed by atoms with Crippen molar-refractivity contribution in [2.24, 2.45) is 5.92 Å². The number of halogens is 2. The smallest absolute Gasteiger partial charge is 0.270 e. The van der Waals surface area contributed by atoms with E-state index in [1.165, 1.54) is 0 Å². The fourth-order valence-electron chi connectivity index (χ4n) is 2.05. The van der Waals surface area contributed by atoms with Gasteiger partial charge in [0, 0.05) is 5.02 Å².